The summed E-state index contributed by atoms with van der Waals surface area (Å²) in [5, 5.41) is 21.1. The topological polar surface area (TPSA) is 117 Å². The third-order valence-corrected chi connectivity index (χ3v) is 4.66. The molecule has 0 aliphatic carbocycles. The molecule has 0 unspecified atom stereocenters. The van der Waals surface area contributed by atoms with Gasteiger partial charge >= 0.3 is 5.97 Å². The highest BCUT2D eigenvalue weighted by atomic mass is 79.9. The van der Waals surface area contributed by atoms with Crippen LogP contribution >= 0.6 is 15.9 Å². The minimum atomic E-state index is -1.26. The Hall–Kier alpha value is -3.27. The lowest BCUT2D eigenvalue weighted by Crippen LogP contribution is -2.02. The van der Waals surface area contributed by atoms with Crippen molar-refractivity contribution in [2.24, 2.45) is 0 Å². The van der Waals surface area contributed by atoms with Gasteiger partial charge in [-0.1, -0.05) is 15.9 Å². The highest BCUT2D eigenvalue weighted by molar-refractivity contribution is 9.10. The highest BCUT2D eigenvalue weighted by Gasteiger charge is 2.25. The van der Waals surface area contributed by atoms with Crippen LogP contribution in [-0.2, 0) is 4.79 Å². The molecule has 9 nitrogen and oxygen atoms in total. The first kappa shape index (κ1) is 17.2. The van der Waals surface area contributed by atoms with Crippen LogP contribution in [0.5, 0.6) is 23.0 Å². The summed E-state index contributed by atoms with van der Waals surface area (Å²) in [6.07, 6.45) is 1.21. The molecule has 2 heterocycles. The fourth-order valence-corrected chi connectivity index (χ4v) is 3.29. The number of nitro groups is 1. The maximum atomic E-state index is 11.9. The van der Waals surface area contributed by atoms with Gasteiger partial charge in [-0.2, -0.15) is 0 Å². The molecule has 0 bridgehead atoms. The Morgan fingerprint density at radius 1 is 1.04 bits per heavy atom. The second-order valence-electron chi connectivity index (χ2n) is 5.57. The molecule has 2 aliphatic rings. The van der Waals surface area contributed by atoms with Gasteiger partial charge < -0.3 is 24.1 Å². The van der Waals surface area contributed by atoms with Crippen molar-refractivity contribution in [3.05, 3.63) is 50.0 Å². The molecule has 2 aromatic carbocycles. The van der Waals surface area contributed by atoms with Crippen molar-refractivity contribution in [3.8, 4) is 23.0 Å². The van der Waals surface area contributed by atoms with Crippen molar-refractivity contribution in [1.82, 2.24) is 0 Å². The van der Waals surface area contributed by atoms with E-state index in [4.69, 9.17) is 18.9 Å². The molecule has 2 aromatic rings. The van der Waals surface area contributed by atoms with E-state index in [0.29, 0.717) is 27.3 Å². The lowest BCUT2D eigenvalue weighted by molar-refractivity contribution is -0.385. The number of aliphatic carboxylic acids is 1. The van der Waals surface area contributed by atoms with Gasteiger partial charge in [0.2, 0.25) is 13.6 Å². The summed E-state index contributed by atoms with van der Waals surface area (Å²) in [6.45, 7) is -0.0237. The summed E-state index contributed by atoms with van der Waals surface area (Å²) in [5.41, 5.74) is -0.0954. The van der Waals surface area contributed by atoms with Gasteiger partial charge in [-0.05, 0) is 24.3 Å². The quantitative estimate of drug-likeness (QED) is 0.335. The van der Waals surface area contributed by atoms with Crippen LogP contribution < -0.4 is 18.9 Å². The molecule has 0 spiro atoms. The Kier molecular flexibility index (Phi) is 4.11. The van der Waals surface area contributed by atoms with Crippen LogP contribution in [-0.4, -0.2) is 29.6 Å². The Bertz CT molecular complexity index is 1020. The molecule has 0 amide bonds. The predicted octanol–water partition coefficient (Wildman–Crippen LogP) is 3.44. The normalized spacial score (nSPS) is 14.3. The second-order valence-corrected chi connectivity index (χ2v) is 6.42. The summed E-state index contributed by atoms with van der Waals surface area (Å²) >= 11 is 3.31. The van der Waals surface area contributed by atoms with Crippen molar-refractivity contribution in [3.63, 3.8) is 0 Å². The van der Waals surface area contributed by atoms with Gasteiger partial charge in [0.1, 0.15) is 0 Å². The molecular formula is C17H10BrNO8. The van der Waals surface area contributed by atoms with E-state index >= 15 is 0 Å². The van der Waals surface area contributed by atoms with Gasteiger partial charge in [-0.25, -0.2) is 4.79 Å². The average Bonchev–Trinajstić information content (AvgIpc) is 3.25. The number of ether oxygens (including phenoxy) is 4. The van der Waals surface area contributed by atoms with Gasteiger partial charge in [0, 0.05) is 10.0 Å². The Balaban J connectivity index is 1.88. The molecule has 2 aliphatic heterocycles. The molecule has 27 heavy (non-hydrogen) atoms. The Labute approximate surface area is 160 Å². The zero-order valence-electron chi connectivity index (χ0n) is 13.4. The van der Waals surface area contributed by atoms with E-state index in [0.717, 1.165) is 0 Å². The largest absolute Gasteiger partial charge is 0.478 e. The van der Waals surface area contributed by atoms with Crippen molar-refractivity contribution in [1.29, 1.82) is 0 Å². The molecule has 10 heteroatoms. The number of halogens is 1. The third-order valence-electron chi connectivity index (χ3n) is 4.00. The van der Waals surface area contributed by atoms with Crippen molar-refractivity contribution < 1.29 is 33.8 Å². The van der Waals surface area contributed by atoms with E-state index in [-0.39, 0.29) is 36.2 Å². The van der Waals surface area contributed by atoms with Crippen molar-refractivity contribution in [2.45, 2.75) is 0 Å². The lowest BCUT2D eigenvalue weighted by Gasteiger charge is -2.08. The Morgan fingerprint density at radius 3 is 2.19 bits per heavy atom. The summed E-state index contributed by atoms with van der Waals surface area (Å²) in [5.74, 6) is 0.146. The van der Waals surface area contributed by atoms with Crippen molar-refractivity contribution >= 4 is 39.2 Å². The number of nitrogens with zero attached hydrogens (tertiary/aromatic N) is 1. The second kappa shape index (κ2) is 6.47. The molecule has 0 radical (unpaired) electrons. The molecule has 0 saturated carbocycles. The number of fused-ring (bicyclic) bond motifs is 2. The minimum Gasteiger partial charge on any atom is -0.478 e. The van der Waals surface area contributed by atoms with Gasteiger partial charge in [0.25, 0.3) is 5.69 Å². The van der Waals surface area contributed by atoms with Gasteiger partial charge in [-0.15, -0.1) is 0 Å². The number of carbonyl (C=O) groups is 1. The number of hydrogen-bond donors (Lipinski definition) is 1. The van der Waals surface area contributed by atoms with Gasteiger partial charge in [0.15, 0.2) is 23.0 Å². The van der Waals surface area contributed by atoms with E-state index in [9.17, 15) is 20.0 Å². The van der Waals surface area contributed by atoms with Crippen LogP contribution in [0.1, 0.15) is 11.1 Å². The molecule has 1 N–H and O–H groups in total. The summed E-state index contributed by atoms with van der Waals surface area (Å²) in [6, 6.07) is 5.68. The monoisotopic (exact) mass is 435 g/mol. The summed E-state index contributed by atoms with van der Waals surface area (Å²) in [7, 11) is 0. The molecule has 138 valence electrons. The SMILES string of the molecule is O=C(O)C(=Cc1cc2c(cc1[N+](=O)[O-])OCO2)c1cc2c(cc1Br)OCO2. The summed E-state index contributed by atoms with van der Waals surface area (Å²) < 4.78 is 21.4. The van der Waals surface area contributed by atoms with E-state index < -0.39 is 10.9 Å². The van der Waals surface area contributed by atoms with E-state index in [1.165, 1.54) is 24.3 Å². The molecule has 4 rings (SSSR count). The fourth-order valence-electron chi connectivity index (χ4n) is 2.75. The standard InChI is InChI=1S/C17H10BrNO8/c18-11-4-15-14(25-7-26-15)3-9(11)10(17(20)21)1-8-2-13-16(27-6-24-13)5-12(8)19(22)23/h1-5H,6-7H2,(H,20,21). The molecular weight excluding hydrogens is 426 g/mol. The van der Waals surface area contributed by atoms with Crippen LogP contribution in [0.15, 0.2) is 28.7 Å². The van der Waals surface area contributed by atoms with Crippen LogP contribution in [0.4, 0.5) is 5.69 Å². The number of nitro benzene ring substituents is 1. The maximum absolute atomic E-state index is 11.9. The Morgan fingerprint density at radius 2 is 1.59 bits per heavy atom. The third kappa shape index (κ3) is 3.04. The first-order chi connectivity index (χ1) is 12.9. The zero-order valence-corrected chi connectivity index (χ0v) is 15.0. The predicted molar refractivity (Wildman–Crippen MR) is 95.0 cm³/mol. The minimum absolute atomic E-state index is 0.0327. The van der Waals surface area contributed by atoms with Crippen LogP contribution in [0.25, 0.3) is 11.6 Å². The van der Waals surface area contributed by atoms with Crippen LogP contribution in [0.3, 0.4) is 0 Å². The maximum Gasteiger partial charge on any atom is 0.336 e. The van der Waals surface area contributed by atoms with Gasteiger partial charge in [-0.3, -0.25) is 10.1 Å². The fraction of sp³-hybridized carbons (Fsp3) is 0.118. The number of rotatable bonds is 4. The van der Waals surface area contributed by atoms with Crippen LogP contribution in [0, 0.1) is 10.1 Å². The van der Waals surface area contributed by atoms with Gasteiger partial charge in [0.05, 0.1) is 22.1 Å². The first-order valence-electron chi connectivity index (χ1n) is 7.56. The number of carboxylic acids is 1. The van der Waals surface area contributed by atoms with E-state index in [1.54, 1.807) is 6.07 Å². The number of carboxylic acid groups (broad SMARTS) is 1. The average molecular weight is 436 g/mol. The lowest BCUT2D eigenvalue weighted by atomic mass is 10.0. The highest BCUT2D eigenvalue weighted by Crippen LogP contribution is 2.42. The number of benzene rings is 2. The van der Waals surface area contributed by atoms with Crippen molar-refractivity contribution in [2.75, 3.05) is 13.6 Å². The molecule has 0 saturated heterocycles. The molecule has 0 atom stereocenters. The molecule has 0 fully saturated rings. The molecule has 0 aromatic heterocycles. The van der Waals surface area contributed by atoms with E-state index in [1.807, 2.05) is 0 Å². The van der Waals surface area contributed by atoms with E-state index in [2.05, 4.69) is 15.9 Å². The zero-order chi connectivity index (χ0) is 19.1. The number of hydrogen-bond acceptors (Lipinski definition) is 7. The van der Waals surface area contributed by atoms with Crippen LogP contribution in [0.2, 0.25) is 0 Å². The smallest absolute Gasteiger partial charge is 0.336 e. The summed E-state index contributed by atoms with van der Waals surface area (Å²) in [4.78, 5) is 22.7. The first-order valence-corrected chi connectivity index (χ1v) is 8.36.